The molecule has 0 spiro atoms. The second-order valence-electron chi connectivity index (χ2n) is 6.64. The minimum absolute atomic E-state index is 0.331. The van der Waals surface area contributed by atoms with Gasteiger partial charge in [0, 0.05) is 0 Å². The summed E-state index contributed by atoms with van der Waals surface area (Å²) < 4.78 is 0. The Hall–Kier alpha value is -2.13. The van der Waals surface area contributed by atoms with Gasteiger partial charge in [-0.3, -0.25) is 0 Å². The first-order chi connectivity index (χ1) is 11.7. The summed E-state index contributed by atoms with van der Waals surface area (Å²) in [6.07, 6.45) is 9.98. The third kappa shape index (κ3) is 12.9. The fourth-order valence-corrected chi connectivity index (χ4v) is 1.98. The predicted octanol–water partition coefficient (Wildman–Crippen LogP) is 5.78. The van der Waals surface area contributed by atoms with Crippen LogP contribution in [0, 0.1) is 0 Å². The first kappa shape index (κ1) is 22.9. The molecule has 0 fully saturated rings. The molecule has 0 saturated carbocycles. The fourth-order valence-electron chi connectivity index (χ4n) is 1.98. The molecule has 0 radical (unpaired) electrons. The van der Waals surface area contributed by atoms with E-state index < -0.39 is 11.6 Å². The summed E-state index contributed by atoms with van der Waals surface area (Å²) in [5.41, 5.74) is 2.38. The van der Waals surface area contributed by atoms with Gasteiger partial charge in [-0.25, -0.2) is 4.79 Å². The molecule has 3 heteroatoms. The number of carbonyl (C=O) groups is 1. The maximum atomic E-state index is 10.2. The summed E-state index contributed by atoms with van der Waals surface area (Å²) in [7, 11) is 0. The van der Waals surface area contributed by atoms with Crippen LogP contribution in [0.3, 0.4) is 0 Å². The molecule has 1 atom stereocenters. The van der Waals surface area contributed by atoms with Crippen LogP contribution < -0.4 is 0 Å². The van der Waals surface area contributed by atoms with E-state index in [1.807, 2.05) is 0 Å². The topological polar surface area (TPSA) is 57.5 Å². The van der Waals surface area contributed by atoms with Crippen LogP contribution in [0.1, 0.15) is 63.7 Å². The van der Waals surface area contributed by atoms with Gasteiger partial charge in [-0.1, -0.05) is 47.6 Å². The molecule has 0 aliphatic carbocycles. The second kappa shape index (κ2) is 12.3. The third-order valence-corrected chi connectivity index (χ3v) is 3.70. The Balaban J connectivity index is 0.000000535. The van der Waals surface area contributed by atoms with Crippen molar-refractivity contribution >= 4 is 5.97 Å². The number of carboxylic acid groups (broad SMARTS) is 1. The van der Waals surface area contributed by atoms with E-state index in [-0.39, 0.29) is 0 Å². The smallest absolute Gasteiger partial charge is 0.335 e. The van der Waals surface area contributed by atoms with Crippen LogP contribution in [0.4, 0.5) is 0 Å². The summed E-state index contributed by atoms with van der Waals surface area (Å²) >= 11 is 0. The van der Waals surface area contributed by atoms with Crippen LogP contribution in [0.2, 0.25) is 0 Å². The Bertz CT molecular complexity index is 577. The Labute approximate surface area is 152 Å². The van der Waals surface area contributed by atoms with E-state index in [9.17, 15) is 9.90 Å². The average Bonchev–Trinajstić information content (AvgIpc) is 2.55. The molecule has 1 aromatic carbocycles. The molecule has 0 bridgehead atoms. The highest BCUT2D eigenvalue weighted by Crippen LogP contribution is 2.15. The van der Waals surface area contributed by atoms with Crippen molar-refractivity contribution in [2.24, 2.45) is 0 Å². The monoisotopic (exact) mass is 344 g/mol. The molecular formula is C22H32O3. The third-order valence-electron chi connectivity index (χ3n) is 3.70. The first-order valence-electron chi connectivity index (χ1n) is 8.61. The van der Waals surface area contributed by atoms with Gasteiger partial charge in [0.15, 0.2) is 0 Å². The van der Waals surface area contributed by atoms with Crippen LogP contribution in [0.25, 0.3) is 0 Å². The number of benzene rings is 1. The van der Waals surface area contributed by atoms with E-state index in [0.717, 1.165) is 25.7 Å². The van der Waals surface area contributed by atoms with Gasteiger partial charge >= 0.3 is 5.97 Å². The highest BCUT2D eigenvalue weighted by molar-refractivity contribution is 5.87. The number of rotatable bonds is 8. The maximum Gasteiger partial charge on any atom is 0.335 e. The number of aromatic carboxylic acids is 1. The molecule has 0 aliphatic rings. The lowest BCUT2D eigenvalue weighted by Gasteiger charge is -2.16. The summed E-state index contributed by atoms with van der Waals surface area (Å²) in [6.45, 7) is 11.8. The van der Waals surface area contributed by atoms with Crippen molar-refractivity contribution in [1.29, 1.82) is 0 Å². The van der Waals surface area contributed by atoms with Crippen molar-refractivity contribution in [3.05, 3.63) is 71.8 Å². The molecule has 0 heterocycles. The van der Waals surface area contributed by atoms with Gasteiger partial charge in [0.2, 0.25) is 0 Å². The van der Waals surface area contributed by atoms with Gasteiger partial charge in [0.25, 0.3) is 0 Å². The van der Waals surface area contributed by atoms with Gasteiger partial charge in [0.1, 0.15) is 0 Å². The maximum absolute atomic E-state index is 10.2. The summed E-state index contributed by atoms with van der Waals surface area (Å²) in [5, 5.41) is 18.1. The summed E-state index contributed by atoms with van der Waals surface area (Å²) in [6, 6.07) is 8.30. The second-order valence-corrected chi connectivity index (χ2v) is 6.64. The summed E-state index contributed by atoms with van der Waals surface area (Å²) in [5.74, 6) is -0.879. The number of hydrogen-bond donors (Lipinski definition) is 2. The molecule has 2 N–H and O–H groups in total. The van der Waals surface area contributed by atoms with E-state index in [2.05, 4.69) is 39.5 Å². The molecular weight excluding hydrogens is 312 g/mol. The van der Waals surface area contributed by atoms with E-state index in [1.54, 1.807) is 43.3 Å². The molecule has 25 heavy (non-hydrogen) atoms. The van der Waals surface area contributed by atoms with Crippen LogP contribution in [-0.2, 0) is 0 Å². The average molecular weight is 344 g/mol. The van der Waals surface area contributed by atoms with Crippen LogP contribution in [0.15, 0.2) is 66.3 Å². The minimum atomic E-state index is -0.879. The summed E-state index contributed by atoms with van der Waals surface area (Å²) in [4.78, 5) is 10.2. The highest BCUT2D eigenvalue weighted by atomic mass is 16.4. The molecule has 1 aromatic rings. The van der Waals surface area contributed by atoms with Crippen LogP contribution >= 0.6 is 0 Å². The van der Waals surface area contributed by atoms with Gasteiger partial charge in [-0.15, -0.1) is 6.58 Å². The largest absolute Gasteiger partial charge is 0.478 e. The number of aliphatic hydroxyl groups is 1. The van der Waals surface area contributed by atoms with Crippen molar-refractivity contribution in [2.75, 3.05) is 0 Å². The number of allylic oxidation sites excluding steroid dienone is 4. The lowest BCUT2D eigenvalue weighted by Crippen LogP contribution is -2.19. The Kier molecular flexibility index (Phi) is 11.2. The zero-order valence-corrected chi connectivity index (χ0v) is 16.0. The zero-order chi connectivity index (χ0) is 19.3. The van der Waals surface area contributed by atoms with Crippen molar-refractivity contribution in [3.63, 3.8) is 0 Å². The quantitative estimate of drug-likeness (QED) is 0.588. The van der Waals surface area contributed by atoms with Gasteiger partial charge in [0.05, 0.1) is 11.2 Å². The van der Waals surface area contributed by atoms with E-state index >= 15 is 0 Å². The molecule has 3 nitrogen and oxygen atoms in total. The molecule has 0 aliphatic heterocycles. The molecule has 0 aromatic heterocycles. The van der Waals surface area contributed by atoms with Gasteiger partial charge in [-0.05, 0) is 65.5 Å². The van der Waals surface area contributed by atoms with Crippen molar-refractivity contribution in [1.82, 2.24) is 0 Å². The zero-order valence-electron chi connectivity index (χ0n) is 16.0. The first-order valence-corrected chi connectivity index (χ1v) is 8.61. The van der Waals surface area contributed by atoms with Crippen molar-refractivity contribution in [2.45, 2.75) is 59.0 Å². The minimum Gasteiger partial charge on any atom is -0.478 e. The Morgan fingerprint density at radius 3 is 2.16 bits per heavy atom. The van der Waals surface area contributed by atoms with Gasteiger partial charge < -0.3 is 10.2 Å². The number of carboxylic acids is 1. The molecule has 0 saturated heterocycles. The van der Waals surface area contributed by atoms with Gasteiger partial charge in [-0.2, -0.15) is 0 Å². The fraction of sp³-hybridized carbons (Fsp3) is 0.409. The predicted molar refractivity (Wildman–Crippen MR) is 106 cm³/mol. The molecule has 138 valence electrons. The Morgan fingerprint density at radius 2 is 1.72 bits per heavy atom. The van der Waals surface area contributed by atoms with E-state index in [1.165, 1.54) is 11.1 Å². The van der Waals surface area contributed by atoms with Crippen LogP contribution in [-0.4, -0.2) is 21.8 Å². The van der Waals surface area contributed by atoms with Crippen LogP contribution in [0.5, 0.6) is 0 Å². The normalized spacial score (nSPS) is 13.1. The molecule has 1 unspecified atom stereocenters. The highest BCUT2D eigenvalue weighted by Gasteiger charge is 2.13. The lowest BCUT2D eigenvalue weighted by atomic mass is 9.99. The van der Waals surface area contributed by atoms with Crippen molar-refractivity contribution in [3.8, 4) is 0 Å². The molecule has 1 rings (SSSR count). The lowest BCUT2D eigenvalue weighted by molar-refractivity contribution is 0.0696. The molecule has 0 amide bonds. The van der Waals surface area contributed by atoms with E-state index in [4.69, 9.17) is 5.11 Å². The van der Waals surface area contributed by atoms with Crippen molar-refractivity contribution < 1.29 is 15.0 Å². The Morgan fingerprint density at radius 1 is 1.12 bits per heavy atom. The number of hydrogen-bond acceptors (Lipinski definition) is 2. The standard InChI is InChI=1S/C15H26O.C7H6O2/c1-6-15(5,16)12-8-11-14(4)10-7-9-13(2)3;8-7(9)6-4-2-1-3-5-6/h6,9,11,16H,1,7-8,10,12H2,2-5H3;1-5H,(H,8,9). The van der Waals surface area contributed by atoms with E-state index in [0.29, 0.717) is 5.56 Å². The SMILES string of the molecule is C=CC(C)(O)CCC=C(C)CCC=C(C)C.O=C(O)c1ccccc1.